The lowest BCUT2D eigenvalue weighted by Crippen LogP contribution is -2.31. The number of rotatable bonds is 3. The maximum absolute atomic E-state index is 6.04. The Labute approximate surface area is 170 Å². The van der Waals surface area contributed by atoms with E-state index >= 15 is 0 Å². The third-order valence-electron chi connectivity index (χ3n) is 6.41. The maximum atomic E-state index is 6.04. The summed E-state index contributed by atoms with van der Waals surface area (Å²) in [6.45, 7) is 0. The van der Waals surface area contributed by atoms with Crippen LogP contribution in [0, 0.1) is 5.92 Å². The average molecular weight is 386 g/mol. The minimum Gasteiger partial charge on any atom is -0.489 e. The number of anilines is 1. The summed E-state index contributed by atoms with van der Waals surface area (Å²) in [5.74, 6) is 4.30. The highest BCUT2D eigenvalue weighted by Crippen LogP contribution is 2.51. The molecule has 1 N–H and O–H groups in total. The van der Waals surface area contributed by atoms with Gasteiger partial charge in [0.05, 0.1) is 6.04 Å². The molecule has 0 aromatic heterocycles. The molecule has 3 atom stereocenters. The van der Waals surface area contributed by atoms with Crippen LogP contribution in [0.25, 0.3) is 10.8 Å². The van der Waals surface area contributed by atoms with Gasteiger partial charge in [-0.25, -0.2) is 0 Å². The van der Waals surface area contributed by atoms with E-state index in [1.807, 2.05) is 11.8 Å². The minimum absolute atomic E-state index is 0.326. The average Bonchev–Trinajstić information content (AvgIpc) is 3.20. The summed E-state index contributed by atoms with van der Waals surface area (Å²) < 4.78 is 6.04. The number of nitrogens with one attached hydrogen (secondary N) is 1. The van der Waals surface area contributed by atoms with Crippen LogP contribution in [0.2, 0.25) is 0 Å². The Morgan fingerprint density at radius 1 is 0.929 bits per heavy atom. The molecule has 2 unspecified atom stereocenters. The zero-order valence-electron chi connectivity index (χ0n) is 15.7. The molecule has 0 saturated carbocycles. The zero-order valence-corrected chi connectivity index (χ0v) is 16.5. The van der Waals surface area contributed by atoms with Gasteiger partial charge in [0, 0.05) is 28.5 Å². The van der Waals surface area contributed by atoms with Gasteiger partial charge in [-0.15, -0.1) is 0 Å². The minimum atomic E-state index is 0.326. The fraction of sp³-hybridized carbons (Fsp3) is 0.280. The molecule has 2 heterocycles. The third-order valence-corrected chi connectivity index (χ3v) is 7.63. The Morgan fingerprint density at radius 3 is 2.61 bits per heavy atom. The van der Waals surface area contributed by atoms with Gasteiger partial charge in [0.2, 0.25) is 0 Å². The molecule has 6 rings (SSSR count). The van der Waals surface area contributed by atoms with Gasteiger partial charge in [0.25, 0.3) is 0 Å². The van der Waals surface area contributed by atoms with E-state index in [-0.39, 0.29) is 0 Å². The lowest BCUT2D eigenvalue weighted by atomic mass is 9.76. The SMILES string of the molecule is C1=CC2c3ccc4ccccc4c3N[C@H](c3ccc(OC4CSC4)cc3)C2C1. The number of allylic oxidation sites excluding steroid dienone is 2. The highest BCUT2D eigenvalue weighted by atomic mass is 32.2. The molecule has 0 radical (unpaired) electrons. The van der Waals surface area contributed by atoms with Crippen LogP contribution in [0.5, 0.6) is 5.75 Å². The summed E-state index contributed by atoms with van der Waals surface area (Å²) in [6.07, 6.45) is 6.30. The second-order valence-corrected chi connectivity index (χ2v) is 9.15. The van der Waals surface area contributed by atoms with E-state index < -0.39 is 0 Å². The van der Waals surface area contributed by atoms with Gasteiger partial charge in [0.15, 0.2) is 0 Å². The summed E-state index contributed by atoms with van der Waals surface area (Å²) in [7, 11) is 0. The number of fused-ring (bicyclic) bond motifs is 5. The van der Waals surface area contributed by atoms with Gasteiger partial charge in [-0.2, -0.15) is 11.8 Å². The second-order valence-electron chi connectivity index (χ2n) is 8.07. The van der Waals surface area contributed by atoms with Crippen LogP contribution in [0.1, 0.15) is 29.5 Å². The van der Waals surface area contributed by atoms with E-state index in [9.17, 15) is 0 Å². The molecule has 3 aromatic rings. The maximum Gasteiger partial charge on any atom is 0.119 e. The van der Waals surface area contributed by atoms with Gasteiger partial charge >= 0.3 is 0 Å². The standard InChI is InChI=1S/C25H23NOS/c1-2-5-20-16(4-1)10-13-23-21-6-3-7-22(21)24(26-25(20)23)17-8-11-18(12-9-17)27-19-14-28-15-19/h1-6,8-13,19,21-22,24,26H,7,14-15H2/t21?,22?,24-/m1/s1. The van der Waals surface area contributed by atoms with Crippen LogP contribution >= 0.6 is 11.8 Å². The van der Waals surface area contributed by atoms with Crippen LogP contribution < -0.4 is 10.1 Å². The molecule has 1 aliphatic carbocycles. The number of ether oxygens (including phenoxy) is 1. The summed E-state index contributed by atoms with van der Waals surface area (Å²) >= 11 is 1.95. The smallest absolute Gasteiger partial charge is 0.119 e. The fourth-order valence-electron chi connectivity index (χ4n) is 4.90. The molecule has 1 fully saturated rings. The lowest BCUT2D eigenvalue weighted by molar-refractivity contribution is 0.240. The predicted octanol–water partition coefficient (Wildman–Crippen LogP) is 6.16. The van der Waals surface area contributed by atoms with E-state index in [1.54, 1.807) is 0 Å². The molecular weight excluding hydrogens is 362 g/mol. The molecule has 140 valence electrons. The van der Waals surface area contributed by atoms with Crippen LogP contribution in [-0.2, 0) is 0 Å². The fourth-order valence-corrected chi connectivity index (χ4v) is 5.46. The first kappa shape index (κ1) is 16.6. The Balaban J connectivity index is 1.37. The number of hydrogen-bond acceptors (Lipinski definition) is 3. The molecular formula is C25H23NOS. The quantitative estimate of drug-likeness (QED) is 0.546. The van der Waals surface area contributed by atoms with Crippen molar-refractivity contribution in [1.29, 1.82) is 0 Å². The highest BCUT2D eigenvalue weighted by molar-refractivity contribution is 8.00. The molecule has 3 aliphatic rings. The molecule has 1 saturated heterocycles. The number of hydrogen-bond donors (Lipinski definition) is 1. The first-order valence-electron chi connectivity index (χ1n) is 10.2. The number of benzene rings is 3. The van der Waals surface area contributed by atoms with Crippen LogP contribution in [0.15, 0.2) is 72.8 Å². The Hall–Kier alpha value is -2.39. The van der Waals surface area contributed by atoms with Crippen molar-refractivity contribution in [2.24, 2.45) is 5.92 Å². The monoisotopic (exact) mass is 385 g/mol. The zero-order chi connectivity index (χ0) is 18.5. The normalized spacial score (nSPS) is 25.6. The molecule has 3 aromatic carbocycles. The van der Waals surface area contributed by atoms with Crippen LogP contribution in [0.4, 0.5) is 5.69 Å². The Bertz CT molecular complexity index is 1050. The molecule has 0 amide bonds. The molecule has 3 heteroatoms. The van der Waals surface area contributed by atoms with Crippen molar-refractivity contribution < 1.29 is 4.74 Å². The predicted molar refractivity (Wildman–Crippen MR) is 118 cm³/mol. The molecule has 28 heavy (non-hydrogen) atoms. The molecule has 2 nitrogen and oxygen atoms in total. The van der Waals surface area contributed by atoms with Crippen molar-refractivity contribution in [2.75, 3.05) is 16.8 Å². The molecule has 0 spiro atoms. The second kappa shape index (κ2) is 6.59. The summed E-state index contributed by atoms with van der Waals surface area (Å²) in [5, 5.41) is 6.55. The van der Waals surface area contributed by atoms with Crippen molar-refractivity contribution >= 4 is 28.2 Å². The van der Waals surface area contributed by atoms with Crippen molar-refractivity contribution in [3.63, 3.8) is 0 Å². The van der Waals surface area contributed by atoms with Crippen molar-refractivity contribution in [3.05, 3.63) is 83.9 Å². The Morgan fingerprint density at radius 2 is 1.79 bits per heavy atom. The Kier molecular flexibility index (Phi) is 3.90. The number of thioether (sulfide) groups is 1. The topological polar surface area (TPSA) is 21.3 Å². The van der Waals surface area contributed by atoms with Gasteiger partial charge in [0.1, 0.15) is 11.9 Å². The summed E-state index contributed by atoms with van der Waals surface area (Å²) in [4.78, 5) is 0. The van der Waals surface area contributed by atoms with Gasteiger partial charge in [-0.3, -0.25) is 0 Å². The largest absolute Gasteiger partial charge is 0.489 e. The van der Waals surface area contributed by atoms with Crippen LogP contribution in [0.3, 0.4) is 0 Å². The first-order chi connectivity index (χ1) is 13.9. The van der Waals surface area contributed by atoms with E-state index in [0.29, 0.717) is 24.0 Å². The summed E-state index contributed by atoms with van der Waals surface area (Å²) in [6, 6.07) is 22.4. The van der Waals surface area contributed by atoms with E-state index in [1.165, 1.54) is 27.6 Å². The first-order valence-corrected chi connectivity index (χ1v) is 11.3. The van der Waals surface area contributed by atoms with Gasteiger partial charge in [-0.05, 0) is 41.0 Å². The molecule has 2 aliphatic heterocycles. The van der Waals surface area contributed by atoms with E-state index in [4.69, 9.17) is 4.74 Å². The van der Waals surface area contributed by atoms with Crippen molar-refractivity contribution in [2.45, 2.75) is 24.5 Å². The third kappa shape index (κ3) is 2.64. The lowest BCUT2D eigenvalue weighted by Gasteiger charge is -2.38. The molecule has 0 bridgehead atoms. The van der Waals surface area contributed by atoms with Gasteiger partial charge < -0.3 is 10.1 Å². The van der Waals surface area contributed by atoms with Gasteiger partial charge in [-0.1, -0.05) is 60.7 Å². The highest BCUT2D eigenvalue weighted by Gasteiger charge is 2.38. The van der Waals surface area contributed by atoms with E-state index in [2.05, 4.69) is 78.1 Å². The van der Waals surface area contributed by atoms with E-state index in [0.717, 1.165) is 23.7 Å². The van der Waals surface area contributed by atoms with Crippen LogP contribution in [-0.4, -0.2) is 17.6 Å². The summed E-state index contributed by atoms with van der Waals surface area (Å²) in [5.41, 5.74) is 4.10. The van der Waals surface area contributed by atoms with Crippen molar-refractivity contribution in [3.8, 4) is 5.75 Å². The van der Waals surface area contributed by atoms with Crippen molar-refractivity contribution in [1.82, 2.24) is 0 Å².